The van der Waals surface area contributed by atoms with Crippen LogP contribution < -0.4 is 10.9 Å². The van der Waals surface area contributed by atoms with E-state index in [1.165, 1.54) is 23.1 Å². The smallest absolute Gasteiger partial charge is 0.259 e. The van der Waals surface area contributed by atoms with E-state index >= 15 is 0 Å². The van der Waals surface area contributed by atoms with Crippen LogP contribution in [0.3, 0.4) is 0 Å². The van der Waals surface area contributed by atoms with Gasteiger partial charge in [-0.15, -0.1) is 23.1 Å². The number of aryl methyl sites for hydroxylation is 2. The predicted molar refractivity (Wildman–Crippen MR) is 112 cm³/mol. The number of thioether (sulfide) groups is 1. The number of aromatic amines is 1. The highest BCUT2D eigenvalue weighted by Crippen LogP contribution is 2.26. The van der Waals surface area contributed by atoms with E-state index in [1.54, 1.807) is 16.9 Å². The maximum absolute atomic E-state index is 12.5. The summed E-state index contributed by atoms with van der Waals surface area (Å²) in [4.78, 5) is 34.1. The summed E-state index contributed by atoms with van der Waals surface area (Å²) in [5.41, 5.74) is 0.868. The minimum atomic E-state index is -0.298. The van der Waals surface area contributed by atoms with E-state index in [-0.39, 0.29) is 22.8 Å². The van der Waals surface area contributed by atoms with Gasteiger partial charge in [0.1, 0.15) is 16.5 Å². The zero-order valence-corrected chi connectivity index (χ0v) is 17.6. The third-order valence-corrected chi connectivity index (χ3v) is 6.59. The van der Waals surface area contributed by atoms with Crippen molar-refractivity contribution in [3.8, 4) is 0 Å². The largest absolute Gasteiger partial charge is 0.310 e. The summed E-state index contributed by atoms with van der Waals surface area (Å²) >= 11 is 2.96. The van der Waals surface area contributed by atoms with Gasteiger partial charge in [0.05, 0.1) is 22.6 Å². The molecule has 3 rings (SSSR count). The van der Waals surface area contributed by atoms with Crippen LogP contribution in [0.4, 0.5) is 5.82 Å². The van der Waals surface area contributed by atoms with Crippen LogP contribution in [0.5, 0.6) is 0 Å². The second kappa shape index (κ2) is 7.85. The van der Waals surface area contributed by atoms with Crippen LogP contribution in [0.2, 0.25) is 0 Å². The van der Waals surface area contributed by atoms with Crippen LogP contribution >= 0.6 is 23.1 Å². The number of carbonyl (C=O) groups excluding carboxylic acids is 1. The van der Waals surface area contributed by atoms with Crippen molar-refractivity contribution in [3.63, 3.8) is 0 Å². The number of carbonyl (C=O) groups is 1. The molecule has 0 saturated heterocycles. The lowest BCUT2D eigenvalue weighted by molar-refractivity contribution is -0.115. The highest BCUT2D eigenvalue weighted by molar-refractivity contribution is 7.99. The van der Waals surface area contributed by atoms with Gasteiger partial charge in [0.15, 0.2) is 0 Å². The summed E-state index contributed by atoms with van der Waals surface area (Å²) < 4.78 is 1.77. The summed E-state index contributed by atoms with van der Waals surface area (Å²) in [6.07, 6.45) is 1.67. The van der Waals surface area contributed by atoms with E-state index in [2.05, 4.69) is 20.4 Å². The van der Waals surface area contributed by atoms with Gasteiger partial charge in [0, 0.05) is 17.0 Å². The van der Waals surface area contributed by atoms with Gasteiger partial charge < -0.3 is 10.3 Å². The number of hydrogen-bond donors (Lipinski definition) is 2. The van der Waals surface area contributed by atoms with E-state index in [4.69, 9.17) is 0 Å². The van der Waals surface area contributed by atoms with E-state index in [0.717, 1.165) is 15.3 Å². The lowest BCUT2D eigenvalue weighted by Gasteiger charge is -2.14. The normalized spacial score (nSPS) is 12.7. The van der Waals surface area contributed by atoms with Crippen LogP contribution in [0, 0.1) is 13.8 Å². The molecule has 0 spiro atoms. The minimum absolute atomic E-state index is 0.103. The number of aromatic nitrogens is 4. The SMILES string of the molecule is Cc1sc2nc(CSC(C)C(=O)Nc3ccnn3C(C)C)[nH]c(=O)c2c1C. The molecule has 9 heteroatoms. The Kier molecular flexibility index (Phi) is 5.71. The third kappa shape index (κ3) is 4.08. The molecular weight excluding hydrogens is 382 g/mol. The Balaban J connectivity index is 1.67. The zero-order chi connectivity index (χ0) is 19.7. The van der Waals surface area contributed by atoms with Crippen molar-refractivity contribution in [2.45, 2.75) is 51.7 Å². The number of hydrogen-bond acceptors (Lipinski definition) is 6. The Hall–Kier alpha value is -2.13. The molecule has 0 aliphatic heterocycles. The van der Waals surface area contributed by atoms with Crippen molar-refractivity contribution in [1.29, 1.82) is 0 Å². The Labute approximate surface area is 165 Å². The van der Waals surface area contributed by atoms with Crippen LogP contribution in [-0.2, 0) is 10.5 Å². The Morgan fingerprint density at radius 3 is 2.81 bits per heavy atom. The lowest BCUT2D eigenvalue weighted by Crippen LogP contribution is -2.25. The number of nitrogens with zero attached hydrogens (tertiary/aromatic N) is 3. The number of rotatable bonds is 6. The molecule has 0 aliphatic carbocycles. The average molecular weight is 406 g/mol. The quantitative estimate of drug-likeness (QED) is 0.653. The molecule has 1 unspecified atom stereocenters. The molecule has 1 atom stereocenters. The van der Waals surface area contributed by atoms with Gasteiger partial charge in [-0.05, 0) is 40.2 Å². The molecule has 3 aromatic rings. The molecule has 27 heavy (non-hydrogen) atoms. The maximum Gasteiger partial charge on any atom is 0.259 e. The average Bonchev–Trinajstić information content (AvgIpc) is 3.17. The summed E-state index contributed by atoms with van der Waals surface area (Å²) in [5.74, 6) is 1.62. The standard InChI is InChI=1S/C18H23N5O2S2/c1-9(2)23-14(6-7-19-23)22-16(24)12(5)26-8-13-20-17(25)15-10(3)11(4)27-18(15)21-13/h6-7,9,12H,8H2,1-5H3,(H,22,24)(H,20,21,25). The Morgan fingerprint density at radius 2 is 2.11 bits per heavy atom. The number of fused-ring (bicyclic) bond motifs is 1. The van der Waals surface area contributed by atoms with Crippen molar-refractivity contribution in [1.82, 2.24) is 19.7 Å². The van der Waals surface area contributed by atoms with Gasteiger partial charge in [0.25, 0.3) is 5.56 Å². The Morgan fingerprint density at radius 1 is 1.37 bits per heavy atom. The molecule has 144 valence electrons. The molecule has 3 aromatic heterocycles. The van der Waals surface area contributed by atoms with E-state index in [0.29, 0.717) is 22.8 Å². The van der Waals surface area contributed by atoms with E-state index < -0.39 is 0 Å². The molecule has 1 amide bonds. The molecule has 0 radical (unpaired) electrons. The van der Waals surface area contributed by atoms with Crippen molar-refractivity contribution < 1.29 is 4.79 Å². The number of thiophene rings is 1. The van der Waals surface area contributed by atoms with Crippen LogP contribution in [0.1, 0.15) is 43.1 Å². The second-order valence-corrected chi connectivity index (χ2v) is 9.21. The molecule has 7 nitrogen and oxygen atoms in total. The monoisotopic (exact) mass is 405 g/mol. The van der Waals surface area contributed by atoms with Crippen LogP contribution in [0.15, 0.2) is 17.1 Å². The van der Waals surface area contributed by atoms with Crippen molar-refractivity contribution >= 4 is 45.0 Å². The van der Waals surface area contributed by atoms with Gasteiger partial charge in [-0.3, -0.25) is 9.59 Å². The van der Waals surface area contributed by atoms with Gasteiger partial charge in [-0.1, -0.05) is 0 Å². The predicted octanol–water partition coefficient (Wildman–Crippen LogP) is 3.64. The summed E-state index contributed by atoms with van der Waals surface area (Å²) in [6.45, 7) is 9.78. The van der Waals surface area contributed by atoms with E-state index in [1.807, 2.05) is 34.6 Å². The molecule has 0 aliphatic rings. The first-order chi connectivity index (χ1) is 12.8. The van der Waals surface area contributed by atoms with Crippen LogP contribution in [0.25, 0.3) is 10.2 Å². The molecule has 0 bridgehead atoms. The molecule has 0 saturated carbocycles. The molecular formula is C18H23N5O2S2. The fourth-order valence-corrected chi connectivity index (χ4v) is 4.50. The summed E-state index contributed by atoms with van der Waals surface area (Å²) in [6, 6.07) is 1.95. The highest BCUT2D eigenvalue weighted by atomic mass is 32.2. The second-order valence-electron chi connectivity index (χ2n) is 6.67. The maximum atomic E-state index is 12.5. The number of amides is 1. The Bertz CT molecular complexity index is 1030. The van der Waals surface area contributed by atoms with Crippen molar-refractivity contribution in [2.75, 3.05) is 5.32 Å². The minimum Gasteiger partial charge on any atom is -0.310 e. The third-order valence-electron chi connectivity index (χ3n) is 4.34. The van der Waals surface area contributed by atoms with E-state index in [9.17, 15) is 9.59 Å². The first-order valence-corrected chi connectivity index (χ1v) is 10.6. The summed E-state index contributed by atoms with van der Waals surface area (Å²) in [5, 5.41) is 7.49. The molecule has 0 aromatic carbocycles. The van der Waals surface area contributed by atoms with Crippen LogP contribution in [-0.4, -0.2) is 30.9 Å². The lowest BCUT2D eigenvalue weighted by atomic mass is 10.2. The first-order valence-electron chi connectivity index (χ1n) is 8.72. The number of H-pyrrole nitrogens is 1. The van der Waals surface area contributed by atoms with Gasteiger partial charge >= 0.3 is 0 Å². The fraction of sp³-hybridized carbons (Fsp3) is 0.444. The zero-order valence-electron chi connectivity index (χ0n) is 16.0. The topological polar surface area (TPSA) is 92.7 Å². The van der Waals surface area contributed by atoms with Crippen molar-refractivity contribution in [3.05, 3.63) is 38.9 Å². The molecule has 3 heterocycles. The van der Waals surface area contributed by atoms with Gasteiger partial charge in [0.2, 0.25) is 5.91 Å². The molecule has 2 N–H and O–H groups in total. The van der Waals surface area contributed by atoms with Gasteiger partial charge in [-0.2, -0.15) is 5.10 Å². The van der Waals surface area contributed by atoms with Crippen molar-refractivity contribution in [2.24, 2.45) is 0 Å². The summed E-state index contributed by atoms with van der Waals surface area (Å²) in [7, 11) is 0. The fourth-order valence-electron chi connectivity index (χ4n) is 2.70. The number of anilines is 1. The molecule has 0 fully saturated rings. The first kappa shape index (κ1) is 19.6. The van der Waals surface area contributed by atoms with Gasteiger partial charge in [-0.25, -0.2) is 9.67 Å². The highest BCUT2D eigenvalue weighted by Gasteiger charge is 2.18. The number of nitrogens with one attached hydrogen (secondary N) is 2.